The molecule has 0 radical (unpaired) electrons. The third-order valence-corrected chi connectivity index (χ3v) is 5.98. The summed E-state index contributed by atoms with van der Waals surface area (Å²) in [7, 11) is 0. The van der Waals surface area contributed by atoms with Crippen molar-refractivity contribution in [3.05, 3.63) is 129 Å². The first-order chi connectivity index (χ1) is 13.6. The molecule has 3 heteroatoms. The Hall–Kier alpha value is -2.20. The molecule has 0 atom stereocenters. The van der Waals surface area contributed by atoms with Gasteiger partial charge >= 0.3 is 0 Å². The Morgan fingerprint density at radius 2 is 1.00 bits per heavy atom. The summed E-state index contributed by atoms with van der Waals surface area (Å²) in [6.07, 6.45) is 0. The maximum atomic E-state index is 12.2. The summed E-state index contributed by atoms with van der Waals surface area (Å²) in [5.74, 6) is 0. The molecule has 4 aromatic rings. The van der Waals surface area contributed by atoms with E-state index in [0.29, 0.717) is 0 Å². The summed E-state index contributed by atoms with van der Waals surface area (Å²) >= 11 is 7.00. The van der Waals surface area contributed by atoms with E-state index in [2.05, 4.69) is 50.1 Å². The molecule has 4 rings (SSSR count). The Labute approximate surface area is 181 Å². The molecule has 1 N–H and O–H groups in total. The van der Waals surface area contributed by atoms with E-state index in [1.807, 2.05) is 84.9 Å². The number of aliphatic hydroxyl groups is 1. The lowest BCUT2D eigenvalue weighted by Gasteiger charge is -2.32. The van der Waals surface area contributed by atoms with Gasteiger partial charge in [0.25, 0.3) is 0 Å². The lowest BCUT2D eigenvalue weighted by atomic mass is 9.77. The van der Waals surface area contributed by atoms with Crippen LogP contribution in [-0.2, 0) is 5.60 Å². The summed E-state index contributed by atoms with van der Waals surface area (Å²) in [4.78, 5) is 0. The maximum Gasteiger partial charge on any atom is 0.141 e. The van der Waals surface area contributed by atoms with E-state index < -0.39 is 5.60 Å². The molecule has 0 aliphatic rings. The highest BCUT2D eigenvalue weighted by Crippen LogP contribution is 2.42. The minimum Gasteiger partial charge on any atom is -0.376 e. The predicted molar refractivity (Wildman–Crippen MR) is 122 cm³/mol. The Balaban J connectivity index is 2.00. The second kappa shape index (κ2) is 8.04. The molecule has 1 nitrogen and oxygen atoms in total. The fourth-order valence-electron chi connectivity index (χ4n) is 3.53. The summed E-state index contributed by atoms with van der Waals surface area (Å²) in [5.41, 5.74) is 3.30. The molecule has 0 unspecified atom stereocenters. The smallest absolute Gasteiger partial charge is 0.141 e. The van der Waals surface area contributed by atoms with Gasteiger partial charge in [-0.15, -0.1) is 0 Å². The maximum absolute atomic E-state index is 12.2. The van der Waals surface area contributed by atoms with Crippen molar-refractivity contribution in [2.45, 2.75) is 5.60 Å². The number of halogens is 2. The van der Waals surface area contributed by atoms with E-state index in [1.54, 1.807) is 0 Å². The lowest BCUT2D eigenvalue weighted by Crippen LogP contribution is -2.29. The first-order valence-corrected chi connectivity index (χ1v) is 10.6. The Morgan fingerprint density at radius 1 is 0.536 bits per heavy atom. The highest BCUT2D eigenvalue weighted by molar-refractivity contribution is 9.10. The molecule has 4 aromatic carbocycles. The average Bonchev–Trinajstić information content (AvgIpc) is 2.75. The molecule has 0 aliphatic carbocycles. The summed E-state index contributed by atoms with van der Waals surface area (Å²) < 4.78 is 1.96. The SMILES string of the molecule is OC(c1ccc(Br)cc1)(c1ccc(Br)cc1)c1ccccc1-c1ccccc1. The summed E-state index contributed by atoms with van der Waals surface area (Å²) in [6, 6.07) is 34.0. The van der Waals surface area contributed by atoms with Crippen LogP contribution in [0.4, 0.5) is 0 Å². The minimum atomic E-state index is -1.28. The van der Waals surface area contributed by atoms with E-state index in [4.69, 9.17) is 0 Å². The van der Waals surface area contributed by atoms with Gasteiger partial charge in [-0.3, -0.25) is 0 Å². The van der Waals surface area contributed by atoms with Crippen LogP contribution in [0.2, 0.25) is 0 Å². The van der Waals surface area contributed by atoms with Crippen molar-refractivity contribution in [3.8, 4) is 11.1 Å². The van der Waals surface area contributed by atoms with Gasteiger partial charge in [-0.2, -0.15) is 0 Å². The molecule has 0 heterocycles. The van der Waals surface area contributed by atoms with Gasteiger partial charge in [0, 0.05) is 14.5 Å². The largest absolute Gasteiger partial charge is 0.376 e. The lowest BCUT2D eigenvalue weighted by molar-refractivity contribution is 0.126. The number of benzene rings is 4. The highest BCUT2D eigenvalue weighted by Gasteiger charge is 2.35. The van der Waals surface area contributed by atoms with Gasteiger partial charge in [-0.1, -0.05) is 111 Å². The van der Waals surface area contributed by atoms with Crippen LogP contribution < -0.4 is 0 Å². The van der Waals surface area contributed by atoms with E-state index in [-0.39, 0.29) is 0 Å². The number of rotatable bonds is 4. The zero-order valence-corrected chi connectivity index (χ0v) is 18.2. The zero-order chi connectivity index (χ0) is 19.6. The molecule has 0 bridgehead atoms. The molecule has 0 fully saturated rings. The minimum absolute atomic E-state index is 0.821. The van der Waals surface area contributed by atoms with Crippen LogP contribution in [0, 0.1) is 0 Å². The first kappa shape index (κ1) is 19.1. The van der Waals surface area contributed by atoms with Gasteiger partial charge in [0.2, 0.25) is 0 Å². The molecule has 28 heavy (non-hydrogen) atoms. The third-order valence-electron chi connectivity index (χ3n) is 4.93. The fourth-order valence-corrected chi connectivity index (χ4v) is 4.06. The van der Waals surface area contributed by atoms with Crippen LogP contribution >= 0.6 is 31.9 Å². The van der Waals surface area contributed by atoms with E-state index >= 15 is 0 Å². The summed E-state index contributed by atoms with van der Waals surface area (Å²) in [5, 5.41) is 12.2. The van der Waals surface area contributed by atoms with Gasteiger partial charge in [0.1, 0.15) is 5.60 Å². The van der Waals surface area contributed by atoms with Crippen molar-refractivity contribution in [1.29, 1.82) is 0 Å². The zero-order valence-electron chi connectivity index (χ0n) is 15.0. The van der Waals surface area contributed by atoms with Crippen molar-refractivity contribution in [2.24, 2.45) is 0 Å². The predicted octanol–water partition coefficient (Wildman–Crippen LogP) is 7.16. The van der Waals surface area contributed by atoms with Crippen LogP contribution in [0.3, 0.4) is 0 Å². The topological polar surface area (TPSA) is 20.2 Å². The quantitative estimate of drug-likeness (QED) is 0.299. The van der Waals surface area contributed by atoms with Crippen LogP contribution in [0.1, 0.15) is 16.7 Å². The molecule has 138 valence electrons. The van der Waals surface area contributed by atoms with Crippen molar-refractivity contribution in [2.75, 3.05) is 0 Å². The fraction of sp³-hybridized carbons (Fsp3) is 0.0400. The molecule has 0 aliphatic heterocycles. The molecule has 0 spiro atoms. The van der Waals surface area contributed by atoms with Crippen LogP contribution in [0.15, 0.2) is 112 Å². The average molecular weight is 494 g/mol. The van der Waals surface area contributed by atoms with Gasteiger partial charge in [0.15, 0.2) is 0 Å². The van der Waals surface area contributed by atoms with Gasteiger partial charge in [-0.05, 0) is 46.5 Å². The number of hydrogen-bond donors (Lipinski definition) is 1. The molecule has 0 amide bonds. The number of hydrogen-bond acceptors (Lipinski definition) is 1. The molecular weight excluding hydrogens is 476 g/mol. The van der Waals surface area contributed by atoms with Crippen molar-refractivity contribution in [1.82, 2.24) is 0 Å². The molecular formula is C25H18Br2O. The van der Waals surface area contributed by atoms with Gasteiger partial charge in [0.05, 0.1) is 0 Å². The van der Waals surface area contributed by atoms with Gasteiger partial charge < -0.3 is 5.11 Å². The second-order valence-corrected chi connectivity index (χ2v) is 8.47. The van der Waals surface area contributed by atoms with Crippen molar-refractivity contribution in [3.63, 3.8) is 0 Å². The van der Waals surface area contributed by atoms with E-state index in [0.717, 1.165) is 36.8 Å². The van der Waals surface area contributed by atoms with Crippen molar-refractivity contribution < 1.29 is 5.11 Å². The normalized spacial score (nSPS) is 11.4. The van der Waals surface area contributed by atoms with E-state index in [9.17, 15) is 5.11 Å². The van der Waals surface area contributed by atoms with Gasteiger partial charge in [-0.25, -0.2) is 0 Å². The highest BCUT2D eigenvalue weighted by atomic mass is 79.9. The molecule has 0 saturated heterocycles. The Kier molecular flexibility index (Phi) is 5.49. The Bertz CT molecular complexity index is 1030. The van der Waals surface area contributed by atoms with Crippen LogP contribution in [0.25, 0.3) is 11.1 Å². The standard InChI is InChI=1S/C25H18Br2O/c26-21-14-10-19(11-15-21)25(28,20-12-16-22(27)17-13-20)24-9-5-4-8-23(24)18-6-2-1-3-7-18/h1-17,28H. The summed E-state index contributed by atoms with van der Waals surface area (Å²) in [6.45, 7) is 0. The monoisotopic (exact) mass is 492 g/mol. The first-order valence-electron chi connectivity index (χ1n) is 8.98. The van der Waals surface area contributed by atoms with E-state index in [1.165, 1.54) is 0 Å². The third kappa shape index (κ3) is 3.58. The Morgan fingerprint density at radius 3 is 1.54 bits per heavy atom. The molecule has 0 saturated carbocycles. The second-order valence-electron chi connectivity index (χ2n) is 6.64. The van der Waals surface area contributed by atoms with Crippen LogP contribution in [0.5, 0.6) is 0 Å². The van der Waals surface area contributed by atoms with Crippen LogP contribution in [-0.4, -0.2) is 5.11 Å². The molecule has 0 aromatic heterocycles. The van der Waals surface area contributed by atoms with Crippen molar-refractivity contribution >= 4 is 31.9 Å².